The molecule has 0 amide bonds. The molecule has 0 bridgehead atoms. The van der Waals surface area contributed by atoms with Gasteiger partial charge in [0.15, 0.2) is 0 Å². The molecule has 0 aromatic heterocycles. The van der Waals surface area contributed by atoms with Crippen LogP contribution in [0.5, 0.6) is 0 Å². The van der Waals surface area contributed by atoms with Crippen molar-refractivity contribution in [1.82, 2.24) is 9.80 Å². The second-order valence-electron chi connectivity index (χ2n) is 7.27. The molecule has 2 fully saturated rings. The maximum absolute atomic E-state index is 9.66. The summed E-state index contributed by atoms with van der Waals surface area (Å²) < 4.78 is 0. The summed E-state index contributed by atoms with van der Waals surface area (Å²) in [5.74, 6) is 0.516. The second kappa shape index (κ2) is 8.06. The minimum Gasteiger partial charge on any atom is -0.306 e. The number of nitrogens with zero attached hydrogens (tertiary/aromatic N) is 3. The molecule has 1 aromatic carbocycles. The van der Waals surface area contributed by atoms with Gasteiger partial charge in [-0.05, 0) is 76.0 Å². The Morgan fingerprint density at radius 2 is 1.88 bits per heavy atom. The van der Waals surface area contributed by atoms with Crippen LogP contribution >= 0.6 is 23.2 Å². The van der Waals surface area contributed by atoms with Crippen LogP contribution in [0.3, 0.4) is 0 Å². The van der Waals surface area contributed by atoms with Gasteiger partial charge >= 0.3 is 0 Å². The molecule has 2 saturated heterocycles. The fraction of sp³-hybridized carbons (Fsp3) is 0.632. The number of benzene rings is 1. The van der Waals surface area contributed by atoms with Gasteiger partial charge in [-0.1, -0.05) is 29.3 Å². The van der Waals surface area contributed by atoms with Crippen LogP contribution in [0.2, 0.25) is 10.0 Å². The Labute approximate surface area is 155 Å². The molecule has 0 N–H and O–H groups in total. The molecule has 5 heteroatoms. The summed E-state index contributed by atoms with van der Waals surface area (Å²) in [4.78, 5) is 4.96. The predicted octanol–water partition coefficient (Wildman–Crippen LogP) is 4.09. The largest absolute Gasteiger partial charge is 0.306 e. The monoisotopic (exact) mass is 365 g/mol. The van der Waals surface area contributed by atoms with Gasteiger partial charge in [-0.25, -0.2) is 0 Å². The van der Waals surface area contributed by atoms with Crippen molar-refractivity contribution >= 4 is 23.2 Å². The number of piperidine rings is 2. The average Bonchev–Trinajstić information content (AvgIpc) is 2.59. The van der Waals surface area contributed by atoms with Crippen molar-refractivity contribution in [3.05, 3.63) is 33.8 Å². The number of nitriles is 1. The lowest BCUT2D eigenvalue weighted by Gasteiger charge is -2.43. The van der Waals surface area contributed by atoms with Gasteiger partial charge < -0.3 is 4.90 Å². The summed E-state index contributed by atoms with van der Waals surface area (Å²) >= 11 is 12.1. The molecule has 2 aliphatic rings. The zero-order valence-corrected chi connectivity index (χ0v) is 15.7. The minimum atomic E-state index is 0.104. The summed E-state index contributed by atoms with van der Waals surface area (Å²) in [6, 6.07) is 9.06. The molecular weight excluding hydrogens is 341 g/mol. The van der Waals surface area contributed by atoms with Gasteiger partial charge in [0.1, 0.15) is 0 Å². The Balaban J connectivity index is 1.61. The molecule has 2 aliphatic heterocycles. The summed E-state index contributed by atoms with van der Waals surface area (Å²) in [6.45, 7) is 4.37. The van der Waals surface area contributed by atoms with Crippen LogP contribution in [0.1, 0.15) is 24.8 Å². The van der Waals surface area contributed by atoms with Crippen molar-refractivity contribution in [2.45, 2.75) is 31.7 Å². The molecule has 3 nitrogen and oxygen atoms in total. The number of halogens is 2. The highest BCUT2D eigenvalue weighted by atomic mass is 35.5. The van der Waals surface area contributed by atoms with Crippen LogP contribution in [0.25, 0.3) is 0 Å². The first-order valence-corrected chi connectivity index (χ1v) is 9.58. The highest BCUT2D eigenvalue weighted by Crippen LogP contribution is 2.31. The van der Waals surface area contributed by atoms with Crippen LogP contribution in [0.4, 0.5) is 0 Å². The minimum absolute atomic E-state index is 0.104. The first-order chi connectivity index (χ1) is 11.6. The predicted molar refractivity (Wildman–Crippen MR) is 99.5 cm³/mol. The Kier molecular flexibility index (Phi) is 6.05. The van der Waals surface area contributed by atoms with Crippen LogP contribution in [0.15, 0.2) is 18.2 Å². The van der Waals surface area contributed by atoms with E-state index in [4.69, 9.17) is 23.2 Å². The lowest BCUT2D eigenvalue weighted by atomic mass is 9.81. The SMILES string of the molecule is CN1CCC(N2CCC(Cc3ccc(Cl)c(Cl)c3)[C@H](C#N)C2)CC1. The Morgan fingerprint density at radius 1 is 1.12 bits per heavy atom. The lowest BCUT2D eigenvalue weighted by Crippen LogP contribution is -2.49. The molecule has 0 saturated carbocycles. The van der Waals surface area contributed by atoms with E-state index in [9.17, 15) is 5.26 Å². The maximum Gasteiger partial charge on any atom is 0.0672 e. The van der Waals surface area contributed by atoms with Gasteiger partial charge in [-0.3, -0.25) is 4.90 Å². The fourth-order valence-electron chi connectivity index (χ4n) is 4.08. The van der Waals surface area contributed by atoms with Gasteiger partial charge in [0.2, 0.25) is 0 Å². The maximum atomic E-state index is 9.66. The number of hydrogen-bond donors (Lipinski definition) is 0. The van der Waals surface area contributed by atoms with E-state index in [0.29, 0.717) is 22.0 Å². The molecular formula is C19H25Cl2N3. The molecule has 1 unspecified atom stereocenters. The number of rotatable bonds is 3. The third-order valence-electron chi connectivity index (χ3n) is 5.64. The van der Waals surface area contributed by atoms with Gasteiger partial charge in [-0.2, -0.15) is 5.26 Å². The first kappa shape index (κ1) is 18.0. The van der Waals surface area contributed by atoms with E-state index >= 15 is 0 Å². The number of likely N-dealkylation sites (tertiary alicyclic amines) is 2. The van der Waals surface area contributed by atoms with Crippen molar-refractivity contribution in [3.8, 4) is 6.07 Å². The Morgan fingerprint density at radius 3 is 2.54 bits per heavy atom. The normalized spacial score (nSPS) is 27.1. The van der Waals surface area contributed by atoms with Gasteiger partial charge in [0, 0.05) is 12.6 Å². The van der Waals surface area contributed by atoms with E-state index in [-0.39, 0.29) is 5.92 Å². The van der Waals surface area contributed by atoms with E-state index in [2.05, 4.69) is 22.9 Å². The first-order valence-electron chi connectivity index (χ1n) is 8.83. The van der Waals surface area contributed by atoms with Crippen LogP contribution in [-0.2, 0) is 6.42 Å². The summed E-state index contributed by atoms with van der Waals surface area (Å²) in [5.41, 5.74) is 1.18. The van der Waals surface area contributed by atoms with E-state index in [1.165, 1.54) is 31.5 Å². The highest BCUT2D eigenvalue weighted by molar-refractivity contribution is 6.42. The molecule has 3 rings (SSSR count). The average molecular weight is 366 g/mol. The third-order valence-corrected chi connectivity index (χ3v) is 6.38. The molecule has 2 heterocycles. The Hall–Kier alpha value is -0.790. The van der Waals surface area contributed by atoms with Crippen molar-refractivity contribution in [2.24, 2.45) is 11.8 Å². The summed E-state index contributed by atoms with van der Waals surface area (Å²) in [6.07, 6.45) is 4.46. The van der Waals surface area contributed by atoms with Crippen molar-refractivity contribution in [2.75, 3.05) is 33.2 Å². The molecule has 130 valence electrons. The highest BCUT2D eigenvalue weighted by Gasteiger charge is 2.33. The molecule has 0 spiro atoms. The van der Waals surface area contributed by atoms with Crippen molar-refractivity contribution < 1.29 is 0 Å². The van der Waals surface area contributed by atoms with Crippen LogP contribution < -0.4 is 0 Å². The topological polar surface area (TPSA) is 30.3 Å². The molecule has 24 heavy (non-hydrogen) atoms. The fourth-order valence-corrected chi connectivity index (χ4v) is 4.40. The smallest absolute Gasteiger partial charge is 0.0672 e. The lowest BCUT2D eigenvalue weighted by molar-refractivity contribution is 0.0670. The quantitative estimate of drug-likeness (QED) is 0.807. The van der Waals surface area contributed by atoms with Gasteiger partial charge in [-0.15, -0.1) is 0 Å². The third kappa shape index (κ3) is 4.24. The molecule has 0 radical (unpaired) electrons. The standard InChI is InChI=1S/C19H25Cl2N3/c1-23-7-5-17(6-8-23)24-9-4-15(16(12-22)13-24)10-14-2-3-18(20)19(21)11-14/h2-3,11,15-17H,4-10,13H2,1H3/t15?,16-/m1/s1. The van der Waals surface area contributed by atoms with E-state index in [0.717, 1.165) is 25.9 Å². The Bertz CT molecular complexity index is 605. The molecule has 1 aromatic rings. The van der Waals surface area contributed by atoms with Gasteiger partial charge in [0.25, 0.3) is 0 Å². The molecule has 2 atom stereocenters. The van der Waals surface area contributed by atoms with Crippen molar-refractivity contribution in [3.63, 3.8) is 0 Å². The van der Waals surface area contributed by atoms with Gasteiger partial charge in [0.05, 0.1) is 22.0 Å². The van der Waals surface area contributed by atoms with E-state index in [1.807, 2.05) is 18.2 Å². The number of hydrogen-bond acceptors (Lipinski definition) is 3. The summed E-state index contributed by atoms with van der Waals surface area (Å²) in [7, 11) is 2.19. The van der Waals surface area contributed by atoms with Crippen molar-refractivity contribution in [1.29, 1.82) is 5.26 Å². The molecule has 0 aliphatic carbocycles. The van der Waals surface area contributed by atoms with Crippen LogP contribution in [-0.4, -0.2) is 49.1 Å². The zero-order valence-electron chi connectivity index (χ0n) is 14.2. The van der Waals surface area contributed by atoms with E-state index < -0.39 is 0 Å². The zero-order chi connectivity index (χ0) is 17.1. The van der Waals surface area contributed by atoms with E-state index in [1.54, 1.807) is 0 Å². The second-order valence-corrected chi connectivity index (χ2v) is 8.08. The summed E-state index contributed by atoms with van der Waals surface area (Å²) in [5, 5.41) is 10.9. The van der Waals surface area contributed by atoms with Crippen LogP contribution in [0, 0.1) is 23.2 Å².